The molecule has 1 amide bonds. The summed E-state index contributed by atoms with van der Waals surface area (Å²) in [6.07, 6.45) is 0. The van der Waals surface area contributed by atoms with Gasteiger partial charge in [-0.2, -0.15) is 0 Å². The zero-order chi connectivity index (χ0) is 14.5. The van der Waals surface area contributed by atoms with Crippen molar-refractivity contribution < 1.29 is 9.18 Å². The van der Waals surface area contributed by atoms with Gasteiger partial charge in [0.25, 0.3) is 5.91 Å². The Hall–Kier alpha value is -2.36. The molecule has 4 heteroatoms. The number of hydrogen-bond acceptors (Lipinski definition) is 2. The first-order valence-corrected chi connectivity index (χ1v) is 6.37. The fraction of sp³-hybridized carbons (Fsp3) is 0.188. The van der Waals surface area contributed by atoms with Crippen LogP contribution in [0.15, 0.2) is 48.5 Å². The molecule has 0 heterocycles. The molecule has 2 aromatic carbocycles. The van der Waals surface area contributed by atoms with Gasteiger partial charge in [0.1, 0.15) is 5.82 Å². The number of rotatable bonds is 4. The van der Waals surface area contributed by atoms with Gasteiger partial charge in [0.05, 0.1) is 5.56 Å². The first-order chi connectivity index (χ1) is 9.58. The van der Waals surface area contributed by atoms with E-state index in [9.17, 15) is 9.18 Å². The highest BCUT2D eigenvalue weighted by molar-refractivity contribution is 5.99. The Morgan fingerprint density at radius 2 is 1.75 bits per heavy atom. The maximum Gasteiger partial charge on any atom is 0.253 e. The van der Waals surface area contributed by atoms with Crippen molar-refractivity contribution in [3.63, 3.8) is 0 Å². The van der Waals surface area contributed by atoms with Gasteiger partial charge >= 0.3 is 0 Å². The average Bonchev–Trinajstić information content (AvgIpc) is 2.46. The largest absolute Gasteiger partial charge is 0.377 e. The molecule has 0 saturated carbocycles. The smallest absolute Gasteiger partial charge is 0.253 e. The number of anilines is 1. The van der Waals surface area contributed by atoms with Gasteiger partial charge in [0, 0.05) is 26.3 Å². The molecule has 104 valence electrons. The van der Waals surface area contributed by atoms with E-state index in [0.717, 1.165) is 11.3 Å². The SMILES string of the molecule is CN(C)c1ccccc1C(=O)NCc1ccc(F)cc1. The average molecular weight is 272 g/mol. The van der Waals surface area contributed by atoms with Crippen molar-refractivity contribution in [2.75, 3.05) is 19.0 Å². The first kappa shape index (κ1) is 14.1. The molecule has 0 atom stereocenters. The van der Waals surface area contributed by atoms with Crippen molar-refractivity contribution in [3.05, 3.63) is 65.5 Å². The number of carbonyl (C=O) groups excluding carboxylic acids is 1. The van der Waals surface area contributed by atoms with Crippen molar-refractivity contribution in [3.8, 4) is 0 Å². The molecule has 1 N–H and O–H groups in total. The number of nitrogens with zero attached hydrogens (tertiary/aromatic N) is 1. The number of nitrogens with one attached hydrogen (secondary N) is 1. The number of halogens is 1. The van der Waals surface area contributed by atoms with Gasteiger partial charge in [0.15, 0.2) is 0 Å². The number of carbonyl (C=O) groups is 1. The molecule has 2 aromatic rings. The number of benzene rings is 2. The molecule has 2 rings (SSSR count). The highest BCUT2D eigenvalue weighted by Crippen LogP contribution is 2.17. The Balaban J connectivity index is 2.07. The minimum Gasteiger partial charge on any atom is -0.377 e. The van der Waals surface area contributed by atoms with Crippen molar-refractivity contribution >= 4 is 11.6 Å². The molecule has 0 aliphatic rings. The van der Waals surface area contributed by atoms with Gasteiger partial charge in [-0.05, 0) is 29.8 Å². The molecule has 3 nitrogen and oxygen atoms in total. The lowest BCUT2D eigenvalue weighted by Crippen LogP contribution is -2.25. The van der Waals surface area contributed by atoms with Crippen LogP contribution in [0.1, 0.15) is 15.9 Å². The van der Waals surface area contributed by atoms with Crippen LogP contribution in [-0.4, -0.2) is 20.0 Å². The summed E-state index contributed by atoms with van der Waals surface area (Å²) in [5.74, 6) is -0.420. The van der Waals surface area contributed by atoms with Gasteiger partial charge in [-0.15, -0.1) is 0 Å². The summed E-state index contributed by atoms with van der Waals surface area (Å²) in [4.78, 5) is 14.1. The van der Waals surface area contributed by atoms with Crippen LogP contribution < -0.4 is 10.2 Å². The predicted molar refractivity (Wildman–Crippen MR) is 78.3 cm³/mol. The molecule has 0 radical (unpaired) electrons. The van der Waals surface area contributed by atoms with Crippen molar-refractivity contribution in [2.45, 2.75) is 6.54 Å². The minimum absolute atomic E-state index is 0.140. The van der Waals surface area contributed by atoms with Crippen LogP contribution in [0.5, 0.6) is 0 Å². The van der Waals surface area contributed by atoms with Crippen LogP contribution in [0, 0.1) is 5.82 Å². The van der Waals surface area contributed by atoms with E-state index in [2.05, 4.69) is 5.32 Å². The fourth-order valence-corrected chi connectivity index (χ4v) is 1.94. The molecule has 0 saturated heterocycles. The first-order valence-electron chi connectivity index (χ1n) is 6.37. The third-order valence-electron chi connectivity index (χ3n) is 3.00. The van der Waals surface area contributed by atoms with E-state index in [1.165, 1.54) is 12.1 Å². The second-order valence-corrected chi connectivity index (χ2v) is 4.72. The van der Waals surface area contributed by atoms with Crippen LogP contribution in [0.4, 0.5) is 10.1 Å². The number of para-hydroxylation sites is 1. The van der Waals surface area contributed by atoms with Crippen molar-refractivity contribution in [1.29, 1.82) is 0 Å². The second kappa shape index (κ2) is 6.19. The summed E-state index contributed by atoms with van der Waals surface area (Å²) >= 11 is 0. The number of hydrogen-bond donors (Lipinski definition) is 1. The Kier molecular flexibility index (Phi) is 4.35. The third kappa shape index (κ3) is 3.35. The van der Waals surface area contributed by atoms with Crippen LogP contribution >= 0.6 is 0 Å². The van der Waals surface area contributed by atoms with Gasteiger partial charge in [-0.1, -0.05) is 24.3 Å². The Morgan fingerprint density at radius 3 is 2.40 bits per heavy atom. The highest BCUT2D eigenvalue weighted by atomic mass is 19.1. The molecular formula is C16H17FN2O. The van der Waals surface area contributed by atoms with Crippen LogP contribution in [-0.2, 0) is 6.54 Å². The quantitative estimate of drug-likeness (QED) is 0.928. The van der Waals surface area contributed by atoms with Gasteiger partial charge in [-0.3, -0.25) is 4.79 Å². The summed E-state index contributed by atoms with van der Waals surface area (Å²) in [6, 6.07) is 13.5. The normalized spacial score (nSPS) is 10.2. The lowest BCUT2D eigenvalue weighted by molar-refractivity contribution is 0.0951. The summed E-state index contributed by atoms with van der Waals surface area (Å²) < 4.78 is 12.8. The van der Waals surface area contributed by atoms with Crippen molar-refractivity contribution in [2.24, 2.45) is 0 Å². The van der Waals surface area contributed by atoms with E-state index in [1.807, 2.05) is 37.2 Å². The van der Waals surface area contributed by atoms with E-state index >= 15 is 0 Å². The van der Waals surface area contributed by atoms with E-state index in [0.29, 0.717) is 12.1 Å². The molecule has 0 spiro atoms. The zero-order valence-electron chi connectivity index (χ0n) is 11.6. The Labute approximate surface area is 118 Å². The highest BCUT2D eigenvalue weighted by Gasteiger charge is 2.11. The van der Waals surface area contributed by atoms with Crippen LogP contribution in [0.2, 0.25) is 0 Å². The van der Waals surface area contributed by atoms with E-state index in [1.54, 1.807) is 18.2 Å². The predicted octanol–water partition coefficient (Wildman–Crippen LogP) is 2.82. The second-order valence-electron chi connectivity index (χ2n) is 4.72. The van der Waals surface area contributed by atoms with E-state index in [4.69, 9.17) is 0 Å². The van der Waals surface area contributed by atoms with Crippen LogP contribution in [0.25, 0.3) is 0 Å². The standard InChI is InChI=1S/C16H17FN2O/c1-19(2)15-6-4-3-5-14(15)16(20)18-11-12-7-9-13(17)10-8-12/h3-10H,11H2,1-2H3,(H,18,20). The lowest BCUT2D eigenvalue weighted by atomic mass is 10.1. The fourth-order valence-electron chi connectivity index (χ4n) is 1.94. The Morgan fingerprint density at radius 1 is 1.10 bits per heavy atom. The molecular weight excluding hydrogens is 255 g/mol. The Bertz CT molecular complexity index is 594. The van der Waals surface area contributed by atoms with Crippen LogP contribution in [0.3, 0.4) is 0 Å². The maximum absolute atomic E-state index is 12.8. The molecule has 0 fully saturated rings. The minimum atomic E-state index is -0.280. The molecule has 20 heavy (non-hydrogen) atoms. The van der Waals surface area contributed by atoms with Gasteiger partial charge < -0.3 is 10.2 Å². The monoisotopic (exact) mass is 272 g/mol. The zero-order valence-corrected chi connectivity index (χ0v) is 11.6. The summed E-state index contributed by atoms with van der Waals surface area (Å²) in [5.41, 5.74) is 2.35. The number of amides is 1. The molecule has 0 bridgehead atoms. The van der Waals surface area contributed by atoms with Gasteiger partial charge in [-0.25, -0.2) is 4.39 Å². The molecule has 0 unspecified atom stereocenters. The topological polar surface area (TPSA) is 32.3 Å². The molecule has 0 aliphatic carbocycles. The summed E-state index contributed by atoms with van der Waals surface area (Å²) in [7, 11) is 3.79. The third-order valence-corrected chi connectivity index (χ3v) is 3.00. The van der Waals surface area contributed by atoms with Gasteiger partial charge in [0.2, 0.25) is 0 Å². The van der Waals surface area contributed by atoms with E-state index < -0.39 is 0 Å². The summed E-state index contributed by atoms with van der Waals surface area (Å²) in [5, 5.41) is 2.84. The van der Waals surface area contributed by atoms with Crippen molar-refractivity contribution in [1.82, 2.24) is 5.32 Å². The maximum atomic E-state index is 12.8. The molecule has 0 aliphatic heterocycles. The lowest BCUT2D eigenvalue weighted by Gasteiger charge is -2.16. The molecule has 0 aromatic heterocycles. The van der Waals surface area contributed by atoms with E-state index in [-0.39, 0.29) is 11.7 Å². The summed E-state index contributed by atoms with van der Waals surface area (Å²) in [6.45, 7) is 0.376.